The minimum Gasteiger partial charge on any atom is -0.360 e. The molecule has 3 rings (SSSR count). The van der Waals surface area contributed by atoms with Crippen molar-refractivity contribution in [2.45, 2.75) is 26.2 Å². The highest BCUT2D eigenvalue weighted by molar-refractivity contribution is 9.10. The molecule has 1 aliphatic carbocycles. The minimum absolute atomic E-state index is 0.119. The van der Waals surface area contributed by atoms with E-state index in [1.165, 1.54) is 0 Å². The Labute approximate surface area is 134 Å². The van der Waals surface area contributed by atoms with Crippen LogP contribution in [0.15, 0.2) is 21.1 Å². The SMILES string of the molecule is CC1CCc2onc(C(=O)Nc3c(F)cc(F)cc3Br)c2C1. The number of rotatable bonds is 2. The van der Waals surface area contributed by atoms with Crippen molar-refractivity contribution in [1.29, 1.82) is 0 Å². The van der Waals surface area contributed by atoms with Gasteiger partial charge in [0.25, 0.3) is 5.91 Å². The summed E-state index contributed by atoms with van der Waals surface area (Å²) >= 11 is 3.04. The first-order chi connectivity index (χ1) is 10.5. The number of aryl methyl sites for hydroxylation is 1. The monoisotopic (exact) mass is 370 g/mol. The molecule has 0 spiro atoms. The first-order valence-corrected chi connectivity index (χ1v) is 7.68. The average Bonchev–Trinajstić information content (AvgIpc) is 2.85. The standard InChI is InChI=1S/C15H13BrF2N2O2/c1-7-2-3-12-9(4-7)13(20-22-12)15(21)19-14-10(16)5-8(17)6-11(14)18/h5-7H,2-4H2,1H3,(H,19,21). The van der Waals surface area contributed by atoms with E-state index < -0.39 is 17.5 Å². The van der Waals surface area contributed by atoms with Crippen molar-refractivity contribution in [2.75, 3.05) is 5.32 Å². The van der Waals surface area contributed by atoms with Crippen molar-refractivity contribution in [1.82, 2.24) is 5.16 Å². The summed E-state index contributed by atoms with van der Waals surface area (Å²) in [7, 11) is 0. The molecule has 1 aromatic carbocycles. The fourth-order valence-electron chi connectivity index (χ4n) is 2.59. The van der Waals surface area contributed by atoms with Crippen molar-refractivity contribution in [2.24, 2.45) is 5.92 Å². The quantitative estimate of drug-likeness (QED) is 0.865. The van der Waals surface area contributed by atoms with E-state index in [0.29, 0.717) is 24.2 Å². The van der Waals surface area contributed by atoms with Gasteiger partial charge in [-0.2, -0.15) is 0 Å². The lowest BCUT2D eigenvalue weighted by atomic mass is 9.88. The first kappa shape index (κ1) is 15.1. The molecule has 1 N–H and O–H groups in total. The zero-order chi connectivity index (χ0) is 15.9. The van der Waals surface area contributed by atoms with Crippen LogP contribution in [0.5, 0.6) is 0 Å². The second-order valence-electron chi connectivity index (χ2n) is 5.48. The fourth-order valence-corrected chi connectivity index (χ4v) is 3.10. The maximum absolute atomic E-state index is 13.8. The number of carbonyl (C=O) groups is 1. The number of nitrogens with zero attached hydrogens (tertiary/aromatic N) is 1. The molecule has 4 nitrogen and oxygen atoms in total. The van der Waals surface area contributed by atoms with Gasteiger partial charge in [-0.3, -0.25) is 4.79 Å². The first-order valence-electron chi connectivity index (χ1n) is 6.89. The van der Waals surface area contributed by atoms with Gasteiger partial charge in [-0.1, -0.05) is 12.1 Å². The van der Waals surface area contributed by atoms with Crippen molar-refractivity contribution >= 4 is 27.5 Å². The molecule has 1 heterocycles. The maximum atomic E-state index is 13.8. The van der Waals surface area contributed by atoms with Gasteiger partial charge in [-0.25, -0.2) is 8.78 Å². The number of carbonyl (C=O) groups excluding carboxylic acids is 1. The Morgan fingerprint density at radius 1 is 1.45 bits per heavy atom. The van der Waals surface area contributed by atoms with E-state index in [9.17, 15) is 13.6 Å². The van der Waals surface area contributed by atoms with Gasteiger partial charge in [0.2, 0.25) is 0 Å². The highest BCUT2D eigenvalue weighted by Crippen LogP contribution is 2.30. The van der Waals surface area contributed by atoms with E-state index in [2.05, 4.69) is 33.3 Å². The van der Waals surface area contributed by atoms with Crippen molar-refractivity contribution < 1.29 is 18.1 Å². The number of anilines is 1. The predicted octanol–water partition coefficient (Wildman–Crippen LogP) is 4.09. The summed E-state index contributed by atoms with van der Waals surface area (Å²) in [6.07, 6.45) is 2.43. The summed E-state index contributed by atoms with van der Waals surface area (Å²) < 4.78 is 32.2. The van der Waals surface area contributed by atoms with Crippen LogP contribution in [0.25, 0.3) is 0 Å². The van der Waals surface area contributed by atoms with Crippen LogP contribution in [0.2, 0.25) is 0 Å². The molecular weight excluding hydrogens is 358 g/mol. The van der Waals surface area contributed by atoms with Crippen LogP contribution in [-0.4, -0.2) is 11.1 Å². The van der Waals surface area contributed by atoms with Gasteiger partial charge in [-0.05, 0) is 40.8 Å². The van der Waals surface area contributed by atoms with Gasteiger partial charge in [0.15, 0.2) is 11.5 Å². The normalized spacial score (nSPS) is 17.2. The van der Waals surface area contributed by atoms with E-state index in [-0.39, 0.29) is 15.9 Å². The molecule has 2 aromatic rings. The van der Waals surface area contributed by atoms with Gasteiger partial charge >= 0.3 is 0 Å². The van der Waals surface area contributed by atoms with Crippen molar-refractivity contribution in [3.05, 3.63) is 45.3 Å². The molecule has 0 aliphatic heterocycles. The lowest BCUT2D eigenvalue weighted by Gasteiger charge is -2.16. The third-order valence-electron chi connectivity index (χ3n) is 3.75. The van der Waals surface area contributed by atoms with Crippen LogP contribution < -0.4 is 5.32 Å². The maximum Gasteiger partial charge on any atom is 0.278 e. The van der Waals surface area contributed by atoms with Crippen molar-refractivity contribution in [3.63, 3.8) is 0 Å². The number of amides is 1. The van der Waals surface area contributed by atoms with Crippen LogP contribution >= 0.6 is 15.9 Å². The largest absolute Gasteiger partial charge is 0.360 e. The highest BCUT2D eigenvalue weighted by Gasteiger charge is 2.27. The van der Waals surface area contributed by atoms with Crippen LogP contribution in [0.1, 0.15) is 35.2 Å². The molecule has 0 bridgehead atoms. The molecule has 1 amide bonds. The van der Waals surface area contributed by atoms with Crippen LogP contribution in [0.4, 0.5) is 14.5 Å². The number of aromatic nitrogens is 1. The summed E-state index contributed by atoms with van der Waals surface area (Å²) in [5.74, 6) is -0.999. The summed E-state index contributed by atoms with van der Waals surface area (Å²) in [6.45, 7) is 2.09. The van der Waals surface area contributed by atoms with E-state index in [4.69, 9.17) is 4.52 Å². The minimum atomic E-state index is -0.856. The second-order valence-corrected chi connectivity index (χ2v) is 6.33. The molecule has 0 radical (unpaired) electrons. The van der Waals surface area contributed by atoms with E-state index in [1.807, 2.05) is 0 Å². The average molecular weight is 371 g/mol. The summed E-state index contributed by atoms with van der Waals surface area (Å²) in [5.41, 5.74) is 0.819. The third kappa shape index (κ3) is 2.77. The van der Waals surface area contributed by atoms with Gasteiger partial charge in [0, 0.05) is 22.5 Å². The van der Waals surface area contributed by atoms with Gasteiger partial charge < -0.3 is 9.84 Å². The van der Waals surface area contributed by atoms with E-state index in [1.54, 1.807) is 0 Å². The number of hydrogen-bond donors (Lipinski definition) is 1. The molecule has 1 unspecified atom stereocenters. The molecule has 1 atom stereocenters. The summed E-state index contributed by atoms with van der Waals surface area (Å²) in [5, 5.41) is 6.23. The molecule has 1 aromatic heterocycles. The Hall–Kier alpha value is -1.76. The molecule has 22 heavy (non-hydrogen) atoms. The Bertz CT molecular complexity index is 722. The number of benzene rings is 1. The number of hydrogen-bond acceptors (Lipinski definition) is 3. The Kier molecular flexibility index (Phi) is 3.99. The Morgan fingerprint density at radius 3 is 2.95 bits per heavy atom. The van der Waals surface area contributed by atoms with Crippen molar-refractivity contribution in [3.8, 4) is 0 Å². The molecular formula is C15H13BrF2N2O2. The predicted molar refractivity (Wildman–Crippen MR) is 79.7 cm³/mol. The molecule has 0 saturated heterocycles. The zero-order valence-corrected chi connectivity index (χ0v) is 13.3. The van der Waals surface area contributed by atoms with Crippen LogP contribution in [-0.2, 0) is 12.8 Å². The van der Waals surface area contributed by atoms with E-state index in [0.717, 1.165) is 24.5 Å². The number of halogens is 3. The van der Waals surface area contributed by atoms with Crippen LogP contribution in [0.3, 0.4) is 0 Å². The van der Waals surface area contributed by atoms with Gasteiger partial charge in [-0.15, -0.1) is 0 Å². The molecule has 7 heteroatoms. The second kappa shape index (κ2) is 5.79. The number of fused-ring (bicyclic) bond motifs is 1. The van der Waals surface area contributed by atoms with Gasteiger partial charge in [0.1, 0.15) is 11.6 Å². The van der Waals surface area contributed by atoms with Crippen LogP contribution in [0, 0.1) is 17.6 Å². The molecule has 1 aliphatic rings. The lowest BCUT2D eigenvalue weighted by Crippen LogP contribution is -2.18. The molecule has 0 saturated carbocycles. The Balaban J connectivity index is 1.89. The smallest absolute Gasteiger partial charge is 0.278 e. The lowest BCUT2D eigenvalue weighted by molar-refractivity contribution is 0.101. The fraction of sp³-hybridized carbons (Fsp3) is 0.333. The zero-order valence-electron chi connectivity index (χ0n) is 11.8. The topological polar surface area (TPSA) is 55.1 Å². The third-order valence-corrected chi connectivity index (χ3v) is 4.37. The summed E-state index contributed by atoms with van der Waals surface area (Å²) in [4.78, 5) is 12.3. The molecule has 116 valence electrons. The van der Waals surface area contributed by atoms with Gasteiger partial charge in [0.05, 0.1) is 5.69 Å². The van der Waals surface area contributed by atoms with E-state index >= 15 is 0 Å². The molecule has 0 fully saturated rings. The Morgan fingerprint density at radius 2 is 2.23 bits per heavy atom. The number of nitrogens with one attached hydrogen (secondary N) is 1. The highest BCUT2D eigenvalue weighted by atomic mass is 79.9. The summed E-state index contributed by atoms with van der Waals surface area (Å²) in [6, 6.07) is 1.79.